The van der Waals surface area contributed by atoms with Crippen LogP contribution in [0.2, 0.25) is 0 Å². The van der Waals surface area contributed by atoms with Gasteiger partial charge in [0, 0.05) is 0 Å². The van der Waals surface area contributed by atoms with Crippen LogP contribution in [0.1, 0.15) is 11.1 Å². The Labute approximate surface area is 108 Å². The summed E-state index contributed by atoms with van der Waals surface area (Å²) >= 11 is 0. The SMILES string of the molecule is Cc1cc(-c2ccccc2C)c2ccccc2c1. The van der Waals surface area contributed by atoms with E-state index in [1.807, 2.05) is 0 Å². The molecule has 3 aromatic carbocycles. The molecule has 0 N–H and O–H groups in total. The smallest absolute Gasteiger partial charge is 0.0100 e. The summed E-state index contributed by atoms with van der Waals surface area (Å²) in [6.45, 7) is 4.33. The van der Waals surface area contributed by atoms with Gasteiger partial charge < -0.3 is 0 Å². The molecule has 0 saturated heterocycles. The molecule has 0 aliphatic heterocycles. The van der Waals surface area contributed by atoms with Gasteiger partial charge in [0.25, 0.3) is 0 Å². The van der Waals surface area contributed by atoms with Gasteiger partial charge in [-0.05, 0) is 46.9 Å². The van der Waals surface area contributed by atoms with Crippen LogP contribution in [0.5, 0.6) is 0 Å². The zero-order valence-electron chi connectivity index (χ0n) is 10.8. The number of hydrogen-bond donors (Lipinski definition) is 0. The van der Waals surface area contributed by atoms with Crippen molar-refractivity contribution in [1.82, 2.24) is 0 Å². The van der Waals surface area contributed by atoms with Crippen molar-refractivity contribution < 1.29 is 0 Å². The summed E-state index contributed by atoms with van der Waals surface area (Å²) in [5, 5.41) is 2.65. The van der Waals surface area contributed by atoms with Crippen molar-refractivity contribution in [3.63, 3.8) is 0 Å². The third-order valence-corrected chi connectivity index (χ3v) is 3.44. The molecule has 0 spiro atoms. The second kappa shape index (κ2) is 4.30. The fraction of sp³-hybridized carbons (Fsp3) is 0.111. The van der Waals surface area contributed by atoms with Crippen LogP contribution in [0, 0.1) is 13.8 Å². The highest BCUT2D eigenvalue weighted by Gasteiger charge is 2.06. The van der Waals surface area contributed by atoms with E-state index in [2.05, 4.69) is 74.5 Å². The molecule has 88 valence electrons. The van der Waals surface area contributed by atoms with Gasteiger partial charge in [-0.25, -0.2) is 0 Å². The molecule has 3 aromatic rings. The lowest BCUT2D eigenvalue weighted by Crippen LogP contribution is -1.86. The zero-order valence-corrected chi connectivity index (χ0v) is 10.8. The topological polar surface area (TPSA) is 0 Å². The van der Waals surface area contributed by atoms with Gasteiger partial charge in [0.2, 0.25) is 0 Å². The number of aryl methyl sites for hydroxylation is 2. The normalized spacial score (nSPS) is 10.8. The average Bonchev–Trinajstić information content (AvgIpc) is 2.38. The van der Waals surface area contributed by atoms with E-state index in [9.17, 15) is 0 Å². The number of hydrogen-bond acceptors (Lipinski definition) is 0. The van der Waals surface area contributed by atoms with E-state index in [0.717, 1.165) is 0 Å². The molecule has 0 heterocycles. The summed E-state index contributed by atoms with van der Waals surface area (Å²) in [6.07, 6.45) is 0. The Balaban J connectivity index is 2.39. The zero-order chi connectivity index (χ0) is 12.5. The Hall–Kier alpha value is -2.08. The van der Waals surface area contributed by atoms with Gasteiger partial charge in [0.1, 0.15) is 0 Å². The Morgan fingerprint density at radius 1 is 0.667 bits per heavy atom. The molecule has 0 heteroatoms. The van der Waals surface area contributed by atoms with Crippen molar-refractivity contribution >= 4 is 10.8 Å². The predicted molar refractivity (Wildman–Crippen MR) is 78.9 cm³/mol. The Morgan fingerprint density at radius 2 is 1.39 bits per heavy atom. The molecule has 3 rings (SSSR count). The number of fused-ring (bicyclic) bond motifs is 1. The average molecular weight is 232 g/mol. The molecule has 0 atom stereocenters. The highest BCUT2D eigenvalue weighted by molar-refractivity contribution is 5.97. The molecule has 0 unspecified atom stereocenters. The number of benzene rings is 3. The molecule has 18 heavy (non-hydrogen) atoms. The Bertz CT molecular complexity index is 708. The van der Waals surface area contributed by atoms with E-state index in [1.165, 1.54) is 33.0 Å². The van der Waals surface area contributed by atoms with Crippen molar-refractivity contribution in [2.75, 3.05) is 0 Å². The largest absolute Gasteiger partial charge is 0.0620 e. The first-order valence-corrected chi connectivity index (χ1v) is 6.31. The van der Waals surface area contributed by atoms with Gasteiger partial charge in [-0.3, -0.25) is 0 Å². The number of rotatable bonds is 1. The lowest BCUT2D eigenvalue weighted by atomic mass is 9.93. The molecular weight excluding hydrogens is 216 g/mol. The van der Waals surface area contributed by atoms with Crippen LogP contribution in [-0.2, 0) is 0 Å². The third kappa shape index (κ3) is 1.80. The fourth-order valence-electron chi connectivity index (χ4n) is 2.56. The Morgan fingerprint density at radius 3 is 2.22 bits per heavy atom. The Kier molecular flexibility index (Phi) is 2.64. The van der Waals surface area contributed by atoms with Crippen LogP contribution >= 0.6 is 0 Å². The van der Waals surface area contributed by atoms with E-state index in [1.54, 1.807) is 0 Å². The van der Waals surface area contributed by atoms with Crippen LogP contribution in [-0.4, -0.2) is 0 Å². The maximum Gasteiger partial charge on any atom is -0.0100 e. The maximum atomic E-state index is 2.28. The summed E-state index contributed by atoms with van der Waals surface area (Å²) < 4.78 is 0. The molecule has 0 aliphatic rings. The minimum atomic E-state index is 1.31. The molecule has 0 saturated carbocycles. The van der Waals surface area contributed by atoms with E-state index in [0.29, 0.717) is 0 Å². The van der Waals surface area contributed by atoms with E-state index in [4.69, 9.17) is 0 Å². The molecule has 0 nitrogen and oxygen atoms in total. The highest BCUT2D eigenvalue weighted by atomic mass is 14.1. The monoisotopic (exact) mass is 232 g/mol. The van der Waals surface area contributed by atoms with Crippen molar-refractivity contribution in [1.29, 1.82) is 0 Å². The quantitative estimate of drug-likeness (QED) is 0.546. The first-order valence-electron chi connectivity index (χ1n) is 6.31. The lowest BCUT2D eigenvalue weighted by Gasteiger charge is -2.11. The van der Waals surface area contributed by atoms with Crippen LogP contribution in [0.3, 0.4) is 0 Å². The minimum absolute atomic E-state index is 1.31. The van der Waals surface area contributed by atoms with Gasteiger partial charge in [-0.1, -0.05) is 60.7 Å². The van der Waals surface area contributed by atoms with Gasteiger partial charge in [-0.2, -0.15) is 0 Å². The molecule has 0 aliphatic carbocycles. The van der Waals surface area contributed by atoms with Crippen LogP contribution in [0.15, 0.2) is 60.7 Å². The highest BCUT2D eigenvalue weighted by Crippen LogP contribution is 2.31. The summed E-state index contributed by atoms with van der Waals surface area (Å²) in [5.74, 6) is 0. The van der Waals surface area contributed by atoms with Crippen molar-refractivity contribution in [3.8, 4) is 11.1 Å². The van der Waals surface area contributed by atoms with Gasteiger partial charge in [-0.15, -0.1) is 0 Å². The van der Waals surface area contributed by atoms with Gasteiger partial charge >= 0.3 is 0 Å². The van der Waals surface area contributed by atoms with Gasteiger partial charge in [0.15, 0.2) is 0 Å². The third-order valence-electron chi connectivity index (χ3n) is 3.44. The van der Waals surface area contributed by atoms with Crippen LogP contribution in [0.25, 0.3) is 21.9 Å². The summed E-state index contributed by atoms with van der Waals surface area (Å²) in [5.41, 5.74) is 5.31. The minimum Gasteiger partial charge on any atom is -0.0620 e. The van der Waals surface area contributed by atoms with Gasteiger partial charge in [0.05, 0.1) is 0 Å². The second-order valence-corrected chi connectivity index (χ2v) is 4.85. The first-order chi connectivity index (χ1) is 8.75. The first kappa shape index (κ1) is 11.0. The summed E-state index contributed by atoms with van der Waals surface area (Å²) in [6, 6.07) is 21.7. The molecule has 0 radical (unpaired) electrons. The standard InChI is InChI=1S/C18H16/c1-13-11-15-8-4-6-10-17(15)18(12-13)16-9-5-3-7-14(16)2/h3-12H,1-2H3. The summed E-state index contributed by atoms with van der Waals surface area (Å²) in [4.78, 5) is 0. The predicted octanol–water partition coefficient (Wildman–Crippen LogP) is 5.12. The van der Waals surface area contributed by atoms with E-state index in [-0.39, 0.29) is 0 Å². The maximum absolute atomic E-state index is 2.28. The van der Waals surface area contributed by atoms with Crippen molar-refractivity contribution in [3.05, 3.63) is 71.8 Å². The fourth-order valence-corrected chi connectivity index (χ4v) is 2.56. The second-order valence-electron chi connectivity index (χ2n) is 4.85. The van der Waals surface area contributed by atoms with Crippen LogP contribution < -0.4 is 0 Å². The van der Waals surface area contributed by atoms with Crippen molar-refractivity contribution in [2.45, 2.75) is 13.8 Å². The molecular formula is C18H16. The van der Waals surface area contributed by atoms with E-state index >= 15 is 0 Å². The molecule has 0 fully saturated rings. The molecule has 0 bridgehead atoms. The lowest BCUT2D eigenvalue weighted by molar-refractivity contribution is 1.44. The van der Waals surface area contributed by atoms with Crippen molar-refractivity contribution in [2.24, 2.45) is 0 Å². The molecule has 0 amide bonds. The van der Waals surface area contributed by atoms with Crippen LogP contribution in [0.4, 0.5) is 0 Å². The molecule has 0 aromatic heterocycles. The summed E-state index contributed by atoms with van der Waals surface area (Å²) in [7, 11) is 0. The van der Waals surface area contributed by atoms with E-state index < -0.39 is 0 Å².